The Morgan fingerprint density at radius 3 is 2.26 bits per heavy atom. The van der Waals surface area contributed by atoms with Gasteiger partial charge < -0.3 is 10.2 Å². The number of hydrogen-bond acceptors (Lipinski definition) is 2. The van der Waals surface area contributed by atoms with Crippen molar-refractivity contribution < 1.29 is 14.0 Å². The highest BCUT2D eigenvalue weighted by atomic mass is 35.5. The zero-order valence-electron chi connectivity index (χ0n) is 15.5. The molecule has 0 unspecified atom stereocenters. The third-order valence-corrected chi connectivity index (χ3v) is 4.50. The van der Waals surface area contributed by atoms with Crippen LogP contribution in [0.1, 0.15) is 31.4 Å². The van der Waals surface area contributed by atoms with Gasteiger partial charge >= 0.3 is 0 Å². The quantitative estimate of drug-likeness (QED) is 0.741. The molecule has 2 aromatic rings. The molecule has 0 aliphatic rings. The first kappa shape index (κ1) is 20.9. The maximum absolute atomic E-state index is 13.2. The molecule has 0 saturated carbocycles. The Morgan fingerprint density at radius 1 is 1.07 bits per heavy atom. The summed E-state index contributed by atoms with van der Waals surface area (Å²) in [5, 5.41) is 3.42. The van der Waals surface area contributed by atoms with Crippen LogP contribution in [0, 0.1) is 5.82 Å². The second-order valence-corrected chi connectivity index (χ2v) is 6.85. The third-order valence-electron chi connectivity index (χ3n) is 4.25. The lowest BCUT2D eigenvalue weighted by molar-refractivity contribution is -0.140. The number of rotatable bonds is 8. The lowest BCUT2D eigenvalue weighted by Crippen LogP contribution is -2.48. The molecule has 0 heterocycles. The summed E-state index contributed by atoms with van der Waals surface area (Å²) in [6.07, 6.45) is 0.971. The van der Waals surface area contributed by atoms with Gasteiger partial charge in [0.2, 0.25) is 11.8 Å². The molecular formula is C21H24ClFN2O2. The highest BCUT2D eigenvalue weighted by molar-refractivity contribution is 6.30. The molecule has 6 heteroatoms. The van der Waals surface area contributed by atoms with Crippen LogP contribution in [0.2, 0.25) is 5.02 Å². The Balaban J connectivity index is 2.18. The smallest absolute Gasteiger partial charge is 0.242 e. The molecule has 27 heavy (non-hydrogen) atoms. The summed E-state index contributed by atoms with van der Waals surface area (Å²) in [6.45, 7) is 4.45. The van der Waals surface area contributed by atoms with Crippen LogP contribution in [0.5, 0.6) is 0 Å². The van der Waals surface area contributed by atoms with Crippen molar-refractivity contribution in [3.05, 3.63) is 70.5 Å². The van der Waals surface area contributed by atoms with Crippen molar-refractivity contribution in [2.45, 2.75) is 39.3 Å². The second-order valence-electron chi connectivity index (χ2n) is 6.42. The molecule has 0 spiro atoms. The van der Waals surface area contributed by atoms with E-state index in [1.54, 1.807) is 43.3 Å². The predicted molar refractivity (Wildman–Crippen MR) is 105 cm³/mol. The lowest BCUT2D eigenvalue weighted by atomic mass is 10.1. The van der Waals surface area contributed by atoms with E-state index in [2.05, 4.69) is 5.32 Å². The minimum atomic E-state index is -0.638. The van der Waals surface area contributed by atoms with E-state index in [1.807, 2.05) is 6.92 Å². The van der Waals surface area contributed by atoms with Crippen molar-refractivity contribution in [1.82, 2.24) is 10.2 Å². The Kier molecular flexibility index (Phi) is 7.80. The van der Waals surface area contributed by atoms with Crippen LogP contribution in [-0.4, -0.2) is 29.3 Å². The maximum Gasteiger partial charge on any atom is 0.242 e. The van der Waals surface area contributed by atoms with Crippen molar-refractivity contribution in [2.75, 3.05) is 6.54 Å². The molecule has 0 radical (unpaired) electrons. The largest absolute Gasteiger partial charge is 0.354 e. The normalized spacial score (nSPS) is 11.7. The Bertz CT molecular complexity index is 763. The minimum Gasteiger partial charge on any atom is -0.354 e. The van der Waals surface area contributed by atoms with Gasteiger partial charge in [-0.05, 0) is 48.7 Å². The summed E-state index contributed by atoms with van der Waals surface area (Å²) in [5.41, 5.74) is 1.57. The van der Waals surface area contributed by atoms with E-state index in [4.69, 9.17) is 11.6 Å². The first-order chi connectivity index (χ1) is 12.9. The summed E-state index contributed by atoms with van der Waals surface area (Å²) in [4.78, 5) is 26.9. The first-order valence-electron chi connectivity index (χ1n) is 8.96. The van der Waals surface area contributed by atoms with Gasteiger partial charge in [-0.2, -0.15) is 0 Å². The van der Waals surface area contributed by atoms with Crippen LogP contribution in [0.25, 0.3) is 0 Å². The summed E-state index contributed by atoms with van der Waals surface area (Å²) in [6, 6.07) is 12.3. The predicted octanol–water partition coefficient (Wildman–Crippen LogP) is 3.97. The van der Waals surface area contributed by atoms with Crippen molar-refractivity contribution in [1.29, 1.82) is 0 Å². The zero-order valence-corrected chi connectivity index (χ0v) is 16.3. The SMILES string of the molecule is CCCNC(=O)[C@H](C)N(Cc1ccc(F)cc1)C(=O)Cc1ccc(Cl)cc1. The van der Waals surface area contributed by atoms with E-state index < -0.39 is 6.04 Å². The van der Waals surface area contributed by atoms with Crippen molar-refractivity contribution >= 4 is 23.4 Å². The van der Waals surface area contributed by atoms with E-state index in [0.717, 1.165) is 17.5 Å². The number of hydrogen-bond donors (Lipinski definition) is 1. The Hall–Kier alpha value is -2.40. The van der Waals surface area contributed by atoms with E-state index in [1.165, 1.54) is 17.0 Å². The zero-order chi connectivity index (χ0) is 19.8. The van der Waals surface area contributed by atoms with E-state index >= 15 is 0 Å². The molecule has 0 saturated heterocycles. The van der Waals surface area contributed by atoms with Gasteiger partial charge in [-0.25, -0.2) is 4.39 Å². The fraction of sp³-hybridized carbons (Fsp3) is 0.333. The molecule has 0 aliphatic heterocycles. The Labute approximate surface area is 164 Å². The van der Waals surface area contributed by atoms with Gasteiger partial charge in [0.1, 0.15) is 11.9 Å². The molecule has 0 aliphatic carbocycles. The number of carbonyl (C=O) groups excluding carboxylic acids is 2. The fourth-order valence-corrected chi connectivity index (χ4v) is 2.77. The standard InChI is InChI=1S/C21H24ClFN2O2/c1-3-12-24-21(27)15(2)25(14-17-6-10-19(23)11-7-17)20(26)13-16-4-8-18(22)9-5-16/h4-11,15H,3,12-14H2,1-2H3,(H,24,27)/t15-/m0/s1. The van der Waals surface area contributed by atoms with Gasteiger partial charge in [0.15, 0.2) is 0 Å². The molecule has 144 valence electrons. The van der Waals surface area contributed by atoms with Gasteiger partial charge in [0.05, 0.1) is 6.42 Å². The van der Waals surface area contributed by atoms with Crippen LogP contribution in [0.15, 0.2) is 48.5 Å². The molecule has 0 bridgehead atoms. The van der Waals surface area contributed by atoms with Crippen LogP contribution in [0.3, 0.4) is 0 Å². The number of nitrogens with one attached hydrogen (secondary N) is 1. The second kappa shape index (κ2) is 10.1. The molecule has 0 aromatic heterocycles. The first-order valence-corrected chi connectivity index (χ1v) is 9.34. The van der Waals surface area contributed by atoms with Gasteiger partial charge in [-0.1, -0.05) is 42.8 Å². The number of nitrogens with zero attached hydrogens (tertiary/aromatic N) is 1. The molecule has 2 rings (SSSR count). The maximum atomic E-state index is 13.2. The molecule has 2 amide bonds. The van der Waals surface area contributed by atoms with Crippen molar-refractivity contribution in [3.63, 3.8) is 0 Å². The molecule has 0 fully saturated rings. The average Bonchev–Trinajstić information content (AvgIpc) is 2.66. The van der Waals surface area contributed by atoms with Crippen molar-refractivity contribution in [3.8, 4) is 0 Å². The Morgan fingerprint density at radius 2 is 1.67 bits per heavy atom. The number of benzene rings is 2. The van der Waals surface area contributed by atoms with E-state index in [-0.39, 0.29) is 30.6 Å². The minimum absolute atomic E-state index is 0.157. The molecule has 1 N–H and O–H groups in total. The highest BCUT2D eigenvalue weighted by Crippen LogP contribution is 2.15. The topological polar surface area (TPSA) is 49.4 Å². The summed E-state index contributed by atoms with van der Waals surface area (Å²) < 4.78 is 13.2. The summed E-state index contributed by atoms with van der Waals surface area (Å²) in [5.74, 6) is -0.726. The van der Waals surface area contributed by atoms with Gasteiger partial charge in [-0.3, -0.25) is 9.59 Å². The molecular weight excluding hydrogens is 367 g/mol. The number of carbonyl (C=O) groups is 2. The van der Waals surface area contributed by atoms with Crippen LogP contribution in [-0.2, 0) is 22.6 Å². The van der Waals surface area contributed by atoms with E-state index in [0.29, 0.717) is 11.6 Å². The van der Waals surface area contributed by atoms with Crippen LogP contribution < -0.4 is 5.32 Å². The summed E-state index contributed by atoms with van der Waals surface area (Å²) in [7, 11) is 0. The number of halogens is 2. The van der Waals surface area contributed by atoms with Gasteiger partial charge in [0.25, 0.3) is 0 Å². The lowest BCUT2D eigenvalue weighted by Gasteiger charge is -2.29. The monoisotopic (exact) mass is 390 g/mol. The van der Waals surface area contributed by atoms with Crippen LogP contribution >= 0.6 is 11.6 Å². The average molecular weight is 391 g/mol. The molecule has 4 nitrogen and oxygen atoms in total. The van der Waals surface area contributed by atoms with E-state index in [9.17, 15) is 14.0 Å². The molecule has 2 aromatic carbocycles. The summed E-state index contributed by atoms with van der Waals surface area (Å²) >= 11 is 5.89. The number of amides is 2. The van der Waals surface area contributed by atoms with Crippen molar-refractivity contribution in [2.24, 2.45) is 0 Å². The van der Waals surface area contributed by atoms with Gasteiger partial charge in [-0.15, -0.1) is 0 Å². The molecule has 1 atom stereocenters. The third kappa shape index (κ3) is 6.36. The highest BCUT2D eigenvalue weighted by Gasteiger charge is 2.26. The van der Waals surface area contributed by atoms with Gasteiger partial charge in [0, 0.05) is 18.1 Å². The van der Waals surface area contributed by atoms with Crippen LogP contribution in [0.4, 0.5) is 4.39 Å². The fourth-order valence-electron chi connectivity index (χ4n) is 2.64.